The minimum Gasteiger partial charge on any atom is -0.498 e. The van der Waals surface area contributed by atoms with Gasteiger partial charge in [0.05, 0.1) is 12.0 Å². The first-order chi connectivity index (χ1) is 19.1. The van der Waals surface area contributed by atoms with E-state index in [0.29, 0.717) is 0 Å². The van der Waals surface area contributed by atoms with Crippen molar-refractivity contribution in [2.75, 3.05) is 6.66 Å². The van der Waals surface area contributed by atoms with Crippen LogP contribution in [0.5, 0.6) is 0 Å². The molecule has 3 heteroatoms. The molecule has 0 amide bonds. The Morgan fingerprint density at radius 2 is 0.850 bits per heavy atom. The Morgan fingerprint density at radius 1 is 0.500 bits per heavy atom. The average molecular weight is 545 g/mol. The highest BCUT2D eigenvalue weighted by molar-refractivity contribution is 7.95. The monoisotopic (exact) mass is 544 g/mol. The van der Waals surface area contributed by atoms with E-state index in [1.54, 1.807) is 0 Å². The summed E-state index contributed by atoms with van der Waals surface area (Å²) in [6, 6.07) is 38.4. The fraction of sp³-hybridized carbons (Fsp3) is 0.189. The normalized spacial score (nSPS) is 12.0. The lowest BCUT2D eigenvalue weighted by Gasteiger charge is -2.42. The van der Waals surface area contributed by atoms with E-state index in [0.717, 1.165) is 55.1 Å². The van der Waals surface area contributed by atoms with E-state index in [-0.39, 0.29) is 0 Å². The molecule has 0 heterocycles. The fourth-order valence-corrected chi connectivity index (χ4v) is 10.7. The molecule has 0 bridgehead atoms. The predicted molar refractivity (Wildman–Crippen MR) is 178 cm³/mol. The van der Waals surface area contributed by atoms with Crippen LogP contribution in [0.4, 0.5) is 4.32 Å². The van der Waals surface area contributed by atoms with Gasteiger partial charge in [0.2, 0.25) is 6.42 Å². The maximum absolute atomic E-state index is 19.2. The van der Waals surface area contributed by atoms with Crippen molar-refractivity contribution >= 4 is 46.0 Å². The van der Waals surface area contributed by atoms with E-state index in [2.05, 4.69) is 151 Å². The van der Waals surface area contributed by atoms with Crippen molar-refractivity contribution in [3.8, 4) is 0 Å². The van der Waals surface area contributed by atoms with Gasteiger partial charge in [0, 0.05) is 0 Å². The van der Waals surface area contributed by atoms with Crippen LogP contribution < -0.4 is 32.3 Å². The molecule has 0 nitrogen and oxygen atoms in total. The molecule has 0 saturated heterocycles. The first-order valence-corrected chi connectivity index (χ1v) is 16.4. The highest BCUT2D eigenvalue weighted by Crippen LogP contribution is 2.51. The molecule has 5 rings (SSSR count). The Morgan fingerprint density at radius 3 is 1.25 bits per heavy atom. The highest BCUT2D eigenvalue weighted by Gasteiger charge is 2.46. The van der Waals surface area contributed by atoms with Crippen LogP contribution in [0.2, 0.25) is 0 Å². The molecular weight excluding hydrogens is 505 g/mol. The molecule has 0 aliphatic rings. The molecular formula is C37H39BFP. The van der Waals surface area contributed by atoms with E-state index < -0.39 is 13.7 Å². The zero-order valence-electron chi connectivity index (χ0n) is 24.8. The second-order valence-corrected chi connectivity index (χ2v) is 15.1. The summed E-state index contributed by atoms with van der Waals surface area (Å²) in [5.41, 5.74) is 8.80. The zero-order valence-corrected chi connectivity index (χ0v) is 25.7. The van der Waals surface area contributed by atoms with Gasteiger partial charge in [-0.05, 0) is 71.9 Å². The Labute approximate surface area is 240 Å². The summed E-state index contributed by atoms with van der Waals surface area (Å²) in [4.78, 5) is 0. The van der Waals surface area contributed by atoms with Gasteiger partial charge >= 0.3 is 0 Å². The van der Waals surface area contributed by atoms with Gasteiger partial charge in [0.1, 0.15) is 17.9 Å². The molecule has 5 aromatic rings. The van der Waals surface area contributed by atoms with Crippen LogP contribution in [0.15, 0.2) is 109 Å². The SMILES string of the molecule is Cc1cc(C)c([B-](F)(c2ccccc2[P+](C)(c2ccccc2)c2ccccc2)c2c(C)cc(C)cc2C)c(C)c1. The second-order valence-electron chi connectivity index (χ2n) is 11.6. The van der Waals surface area contributed by atoms with E-state index in [1.807, 2.05) is 6.07 Å². The van der Waals surface area contributed by atoms with E-state index >= 15 is 4.32 Å². The molecule has 0 spiro atoms. The molecule has 0 unspecified atom stereocenters. The summed E-state index contributed by atoms with van der Waals surface area (Å²) < 4.78 is 19.2. The molecule has 0 fully saturated rings. The summed E-state index contributed by atoms with van der Waals surface area (Å²) >= 11 is 0. The van der Waals surface area contributed by atoms with Crippen molar-refractivity contribution in [3.63, 3.8) is 0 Å². The molecule has 5 aromatic carbocycles. The van der Waals surface area contributed by atoms with Crippen molar-refractivity contribution in [3.05, 3.63) is 143 Å². The average Bonchev–Trinajstić information content (AvgIpc) is 2.92. The zero-order chi connectivity index (χ0) is 28.7. The molecule has 0 N–H and O–H groups in total. The third-order valence-corrected chi connectivity index (χ3v) is 12.7. The lowest BCUT2D eigenvalue weighted by molar-refractivity contribution is 0.839. The van der Waals surface area contributed by atoms with Crippen molar-refractivity contribution in [1.29, 1.82) is 0 Å². The molecule has 0 aliphatic heterocycles. The Bertz CT molecular complexity index is 1530. The van der Waals surface area contributed by atoms with Gasteiger partial charge in [-0.25, -0.2) is 0 Å². The van der Waals surface area contributed by atoms with Crippen LogP contribution in [0.3, 0.4) is 0 Å². The smallest absolute Gasteiger partial charge is 0.238 e. The first-order valence-electron chi connectivity index (χ1n) is 14.2. The fourth-order valence-electron chi connectivity index (χ4n) is 7.20. The maximum Gasteiger partial charge on any atom is 0.238 e. The van der Waals surface area contributed by atoms with Crippen LogP contribution in [0.1, 0.15) is 33.4 Å². The van der Waals surface area contributed by atoms with Crippen molar-refractivity contribution in [2.24, 2.45) is 0 Å². The summed E-state index contributed by atoms with van der Waals surface area (Å²) in [7, 11) is -2.21. The van der Waals surface area contributed by atoms with Crippen molar-refractivity contribution in [2.45, 2.75) is 41.5 Å². The van der Waals surface area contributed by atoms with Crippen molar-refractivity contribution < 1.29 is 4.32 Å². The number of hydrogen-bond donors (Lipinski definition) is 0. The van der Waals surface area contributed by atoms with Crippen LogP contribution in [0, 0.1) is 41.5 Å². The van der Waals surface area contributed by atoms with Gasteiger partial charge in [-0.1, -0.05) is 112 Å². The van der Waals surface area contributed by atoms with Crippen LogP contribution in [-0.4, -0.2) is 13.1 Å². The van der Waals surface area contributed by atoms with Gasteiger partial charge < -0.3 is 4.32 Å². The lowest BCUT2D eigenvalue weighted by atomic mass is 9.29. The molecule has 0 radical (unpaired) electrons. The standard InChI is InChI=1S/C37H39BFP/c1-26-22-28(3)36(29(4)23-26)38(39,37-30(5)24-27(2)25-31(37)6)34-20-14-15-21-35(34)40(7,32-16-10-8-11-17-32)33-18-12-9-13-19-33/h8-25H,1-7H3. The number of benzene rings is 5. The summed E-state index contributed by atoms with van der Waals surface area (Å²) in [5, 5.41) is 3.61. The molecule has 0 aliphatic carbocycles. The van der Waals surface area contributed by atoms with E-state index in [4.69, 9.17) is 0 Å². The maximum atomic E-state index is 19.2. The lowest BCUT2D eigenvalue weighted by Crippen LogP contribution is -2.70. The van der Waals surface area contributed by atoms with Gasteiger partial charge in [-0.15, -0.1) is 5.46 Å². The molecule has 0 aromatic heterocycles. The van der Waals surface area contributed by atoms with Gasteiger partial charge in [-0.2, -0.15) is 10.9 Å². The molecule has 0 atom stereocenters. The molecule has 40 heavy (non-hydrogen) atoms. The third kappa shape index (κ3) is 4.63. The Kier molecular flexibility index (Phi) is 7.60. The predicted octanol–water partition coefficient (Wildman–Crippen LogP) is 6.40. The van der Waals surface area contributed by atoms with Gasteiger partial charge in [0.25, 0.3) is 0 Å². The largest absolute Gasteiger partial charge is 0.498 e. The van der Waals surface area contributed by atoms with Gasteiger partial charge in [0.15, 0.2) is 0 Å². The summed E-state index contributed by atoms with van der Waals surface area (Å²) in [6.07, 6.45) is -2.81. The summed E-state index contributed by atoms with van der Waals surface area (Å²) in [6.45, 7) is 14.9. The minimum absolute atomic E-state index is 0.802. The van der Waals surface area contributed by atoms with Crippen LogP contribution >= 0.6 is 7.26 Å². The van der Waals surface area contributed by atoms with Crippen molar-refractivity contribution in [1.82, 2.24) is 0 Å². The Hall–Kier alpha value is -3.48. The number of aryl methyl sites for hydroxylation is 6. The van der Waals surface area contributed by atoms with Gasteiger partial charge in [-0.3, -0.25) is 0 Å². The molecule has 0 saturated carbocycles. The summed E-state index contributed by atoms with van der Waals surface area (Å²) in [5.74, 6) is 0. The number of rotatable bonds is 6. The van der Waals surface area contributed by atoms with Crippen LogP contribution in [-0.2, 0) is 0 Å². The van der Waals surface area contributed by atoms with Crippen LogP contribution in [0.25, 0.3) is 0 Å². The third-order valence-electron chi connectivity index (χ3n) is 8.66. The molecule has 202 valence electrons. The topological polar surface area (TPSA) is 0 Å². The Balaban J connectivity index is 1.96. The van der Waals surface area contributed by atoms with E-state index in [9.17, 15) is 0 Å². The van der Waals surface area contributed by atoms with E-state index in [1.165, 1.54) is 10.6 Å². The highest BCUT2D eigenvalue weighted by atomic mass is 31.2. The second kappa shape index (κ2) is 10.8. The number of halogens is 1. The minimum atomic E-state index is -2.81. The first kappa shape index (κ1) is 28.1. The quantitative estimate of drug-likeness (QED) is 0.172. The number of hydrogen-bond acceptors (Lipinski definition) is 0.